The largest absolute Gasteiger partial charge is 0.444 e. The molecule has 1 N–H and O–H groups in total. The smallest absolute Gasteiger partial charge is 0.411 e. The first-order valence-corrected chi connectivity index (χ1v) is 15.3. The van der Waals surface area contributed by atoms with Crippen molar-refractivity contribution in [2.24, 2.45) is 0 Å². The fraction of sp³-hybridized carbons (Fsp3) is 0.552. The van der Waals surface area contributed by atoms with Crippen molar-refractivity contribution in [2.45, 2.75) is 89.8 Å². The standard InChI is InChI=1S/C29H35Cl2N3O5S/c1-29(2,3)39-28(37)34-19-9-10-22(34)25(20(13-19)23-14-32-24(40-23)16-38-12-11-35)27(36)33(18-7-8-18)15-17-5-4-6-21(30)26(17)31/h4-6,14,18-19,22,35H,7-13,15-16H2,1-3H3/t19-,22?/m0/s1. The number of hydrogen-bond donors (Lipinski definition) is 1. The van der Waals surface area contributed by atoms with E-state index < -0.39 is 5.60 Å². The van der Waals surface area contributed by atoms with Gasteiger partial charge in [0.1, 0.15) is 10.6 Å². The van der Waals surface area contributed by atoms with E-state index in [1.807, 2.05) is 37.8 Å². The second-order valence-electron chi connectivity index (χ2n) is 11.5. The summed E-state index contributed by atoms with van der Waals surface area (Å²) in [6.07, 6.45) is 5.28. The Bertz CT molecular complexity index is 1300. The van der Waals surface area contributed by atoms with Crippen LogP contribution in [0.15, 0.2) is 30.0 Å². The summed E-state index contributed by atoms with van der Waals surface area (Å²) in [4.78, 5) is 37.1. The van der Waals surface area contributed by atoms with Gasteiger partial charge in [0.25, 0.3) is 5.91 Å². The number of benzene rings is 1. The van der Waals surface area contributed by atoms with Gasteiger partial charge < -0.3 is 19.5 Å². The number of aromatic nitrogens is 1. The molecule has 1 saturated carbocycles. The maximum atomic E-state index is 14.6. The molecule has 3 aliphatic rings. The Morgan fingerprint density at radius 3 is 2.67 bits per heavy atom. The van der Waals surface area contributed by atoms with Crippen LogP contribution < -0.4 is 0 Å². The number of nitrogens with zero attached hydrogens (tertiary/aromatic N) is 3. The number of aliphatic hydroxyl groups excluding tert-OH is 1. The van der Waals surface area contributed by atoms with E-state index in [4.69, 9.17) is 37.8 Å². The van der Waals surface area contributed by atoms with Gasteiger partial charge in [-0.3, -0.25) is 9.69 Å². The molecule has 11 heteroatoms. The molecule has 2 fully saturated rings. The summed E-state index contributed by atoms with van der Waals surface area (Å²) in [6, 6.07) is 5.14. The van der Waals surface area contributed by atoms with Gasteiger partial charge in [-0.25, -0.2) is 9.78 Å². The summed E-state index contributed by atoms with van der Waals surface area (Å²) in [5.41, 5.74) is 1.72. The van der Waals surface area contributed by atoms with E-state index in [0.717, 1.165) is 40.3 Å². The zero-order valence-electron chi connectivity index (χ0n) is 23.0. The normalized spacial score (nSPS) is 20.7. The summed E-state index contributed by atoms with van der Waals surface area (Å²) in [5.74, 6) is -0.0843. The van der Waals surface area contributed by atoms with Crippen molar-refractivity contribution in [3.63, 3.8) is 0 Å². The lowest BCUT2D eigenvalue weighted by molar-refractivity contribution is -0.129. The molecule has 1 unspecified atom stereocenters. The van der Waals surface area contributed by atoms with Crippen LogP contribution in [0.1, 0.15) is 68.3 Å². The van der Waals surface area contributed by atoms with Crippen LogP contribution in [0.2, 0.25) is 10.0 Å². The highest BCUT2D eigenvalue weighted by molar-refractivity contribution is 7.12. The second-order valence-corrected chi connectivity index (χ2v) is 13.4. The maximum Gasteiger partial charge on any atom is 0.411 e. The van der Waals surface area contributed by atoms with Crippen molar-refractivity contribution in [2.75, 3.05) is 13.2 Å². The van der Waals surface area contributed by atoms with Crippen molar-refractivity contribution in [1.29, 1.82) is 0 Å². The molecular weight excluding hydrogens is 573 g/mol. The quantitative estimate of drug-likeness (QED) is 0.348. The zero-order valence-corrected chi connectivity index (χ0v) is 25.3. The Balaban J connectivity index is 1.53. The topological polar surface area (TPSA) is 92.2 Å². The van der Waals surface area contributed by atoms with Gasteiger partial charge in [0.2, 0.25) is 0 Å². The summed E-state index contributed by atoms with van der Waals surface area (Å²) in [6.45, 7) is 6.37. The van der Waals surface area contributed by atoms with E-state index in [0.29, 0.717) is 41.6 Å². The highest BCUT2D eigenvalue weighted by Crippen LogP contribution is 2.46. The molecule has 5 rings (SSSR count). The molecule has 1 aromatic carbocycles. The molecule has 2 aliphatic heterocycles. The number of rotatable bonds is 9. The van der Waals surface area contributed by atoms with Gasteiger partial charge in [-0.15, -0.1) is 11.3 Å². The van der Waals surface area contributed by atoms with Gasteiger partial charge in [0.15, 0.2) is 0 Å². The molecule has 3 heterocycles. The maximum absolute atomic E-state index is 14.6. The van der Waals surface area contributed by atoms with Gasteiger partial charge >= 0.3 is 6.09 Å². The Labute approximate surface area is 248 Å². The van der Waals surface area contributed by atoms with Crippen molar-refractivity contribution < 1.29 is 24.2 Å². The molecule has 2 amide bonds. The van der Waals surface area contributed by atoms with Gasteiger partial charge in [-0.2, -0.15) is 0 Å². The first-order chi connectivity index (χ1) is 19.1. The highest BCUT2D eigenvalue weighted by Gasteiger charge is 2.49. The molecule has 1 aliphatic carbocycles. The second kappa shape index (κ2) is 12.0. The van der Waals surface area contributed by atoms with Crippen LogP contribution in [0.25, 0.3) is 5.57 Å². The third-order valence-electron chi connectivity index (χ3n) is 7.37. The van der Waals surface area contributed by atoms with Crippen LogP contribution >= 0.6 is 34.5 Å². The van der Waals surface area contributed by atoms with Crippen LogP contribution in [0, 0.1) is 0 Å². The van der Waals surface area contributed by atoms with E-state index in [9.17, 15) is 9.59 Å². The van der Waals surface area contributed by atoms with Crippen molar-refractivity contribution in [1.82, 2.24) is 14.8 Å². The fourth-order valence-corrected chi connectivity index (χ4v) is 6.81. The van der Waals surface area contributed by atoms with Gasteiger partial charge in [-0.05, 0) is 70.1 Å². The van der Waals surface area contributed by atoms with E-state index in [1.54, 1.807) is 17.2 Å². The SMILES string of the molecule is CC(C)(C)OC(=O)N1C2CC[C@H]1CC(c1cnc(COCCO)s1)=C2C(=O)N(Cc1cccc(Cl)c1Cl)C1CC1. The Kier molecular flexibility index (Phi) is 8.78. The number of hydrogen-bond acceptors (Lipinski definition) is 7. The van der Waals surface area contributed by atoms with Crippen molar-refractivity contribution in [3.8, 4) is 0 Å². The predicted molar refractivity (Wildman–Crippen MR) is 155 cm³/mol. The molecule has 8 nitrogen and oxygen atoms in total. The van der Waals surface area contributed by atoms with Gasteiger partial charge in [0.05, 0.1) is 40.8 Å². The van der Waals surface area contributed by atoms with Crippen LogP contribution in [-0.2, 0) is 27.4 Å². The number of thiazole rings is 1. The van der Waals surface area contributed by atoms with Gasteiger partial charge in [-0.1, -0.05) is 35.3 Å². The summed E-state index contributed by atoms with van der Waals surface area (Å²) >= 11 is 14.3. The summed E-state index contributed by atoms with van der Waals surface area (Å²) < 4.78 is 11.3. The van der Waals surface area contributed by atoms with E-state index in [2.05, 4.69) is 4.98 Å². The van der Waals surface area contributed by atoms with E-state index >= 15 is 0 Å². The minimum atomic E-state index is -0.644. The average molecular weight is 609 g/mol. The van der Waals surface area contributed by atoms with E-state index in [1.165, 1.54) is 11.3 Å². The number of ether oxygens (including phenoxy) is 2. The molecular formula is C29H35Cl2N3O5S. The number of fused-ring (bicyclic) bond motifs is 2. The molecule has 2 bridgehead atoms. The molecule has 0 spiro atoms. The van der Waals surface area contributed by atoms with Crippen LogP contribution in [-0.4, -0.2) is 68.8 Å². The first-order valence-electron chi connectivity index (χ1n) is 13.7. The molecule has 0 radical (unpaired) electrons. The lowest BCUT2D eigenvalue weighted by Gasteiger charge is -2.39. The summed E-state index contributed by atoms with van der Waals surface area (Å²) in [7, 11) is 0. The molecule has 2 aromatic rings. The third-order valence-corrected chi connectivity index (χ3v) is 9.26. The molecule has 216 valence electrons. The van der Waals surface area contributed by atoms with Crippen molar-refractivity contribution >= 4 is 52.1 Å². The Morgan fingerprint density at radius 1 is 1.20 bits per heavy atom. The first kappa shape index (κ1) is 29.3. The Morgan fingerprint density at radius 2 is 1.98 bits per heavy atom. The monoisotopic (exact) mass is 607 g/mol. The van der Waals surface area contributed by atoms with E-state index in [-0.39, 0.29) is 43.3 Å². The third kappa shape index (κ3) is 6.34. The molecule has 1 saturated heterocycles. The van der Waals surface area contributed by atoms with Crippen LogP contribution in [0.5, 0.6) is 0 Å². The number of halogens is 2. The minimum Gasteiger partial charge on any atom is -0.444 e. The predicted octanol–water partition coefficient (Wildman–Crippen LogP) is 6.08. The molecule has 2 atom stereocenters. The number of carbonyl (C=O) groups excluding carboxylic acids is 2. The van der Waals surface area contributed by atoms with Crippen LogP contribution in [0.4, 0.5) is 4.79 Å². The van der Waals surface area contributed by atoms with Crippen LogP contribution in [0.3, 0.4) is 0 Å². The summed E-state index contributed by atoms with van der Waals surface area (Å²) in [5, 5.41) is 10.7. The highest BCUT2D eigenvalue weighted by atomic mass is 35.5. The number of aliphatic hydroxyl groups is 1. The number of carbonyl (C=O) groups is 2. The minimum absolute atomic E-state index is 0.0560. The average Bonchev–Trinajstić information content (AvgIpc) is 3.54. The molecule has 40 heavy (non-hydrogen) atoms. The fourth-order valence-electron chi connectivity index (χ4n) is 5.51. The number of amides is 2. The lowest BCUT2D eigenvalue weighted by atomic mass is 9.91. The Hall–Kier alpha value is -2.17. The lowest BCUT2D eigenvalue weighted by Crippen LogP contribution is -2.50. The van der Waals surface area contributed by atoms with Gasteiger partial charge in [0, 0.05) is 30.4 Å². The zero-order chi connectivity index (χ0) is 28.6. The molecule has 1 aromatic heterocycles. The van der Waals surface area contributed by atoms with Crippen molar-refractivity contribution in [3.05, 3.63) is 55.5 Å².